The third-order valence-corrected chi connectivity index (χ3v) is 5.59. The molecule has 0 aliphatic rings. The number of halogens is 3. The summed E-state index contributed by atoms with van der Waals surface area (Å²) < 4.78 is 64.9. The molecule has 0 radical (unpaired) electrons. The van der Waals surface area contributed by atoms with Gasteiger partial charge in [-0.1, -0.05) is 0 Å². The van der Waals surface area contributed by atoms with Crippen molar-refractivity contribution < 1.29 is 21.6 Å². The van der Waals surface area contributed by atoms with Crippen molar-refractivity contribution in [1.29, 1.82) is 0 Å². The molecular weight excluding hydrogens is 377 g/mol. The van der Waals surface area contributed by atoms with Gasteiger partial charge in [-0.05, 0) is 42.8 Å². The highest BCUT2D eigenvalue weighted by atomic mass is 32.2. The van der Waals surface area contributed by atoms with E-state index in [1.165, 1.54) is 48.7 Å². The molecule has 0 aliphatic heterocycles. The minimum absolute atomic E-state index is 0.0107. The number of rotatable bonds is 4. The van der Waals surface area contributed by atoms with Crippen LogP contribution in [0.25, 0.3) is 10.2 Å². The van der Waals surface area contributed by atoms with Crippen LogP contribution in [0.4, 0.5) is 24.7 Å². The fourth-order valence-electron chi connectivity index (χ4n) is 2.05. The third kappa shape index (κ3) is 3.57. The maximum atomic E-state index is 12.9. The molecule has 132 valence electrons. The third-order valence-electron chi connectivity index (χ3n) is 3.25. The molecule has 6 nitrogen and oxygen atoms in total. The lowest BCUT2D eigenvalue weighted by molar-refractivity contribution is -0.144. The van der Waals surface area contributed by atoms with Crippen LogP contribution in [-0.4, -0.2) is 25.4 Å². The topological polar surface area (TPSA) is 84.0 Å². The van der Waals surface area contributed by atoms with Crippen LogP contribution < -0.4 is 10.0 Å². The molecule has 2 aromatic heterocycles. The lowest BCUT2D eigenvalue weighted by Crippen LogP contribution is -2.18. The summed E-state index contributed by atoms with van der Waals surface area (Å²) in [6, 6.07) is 7.04. The van der Waals surface area contributed by atoms with Gasteiger partial charge in [0.05, 0.1) is 15.1 Å². The molecule has 0 aliphatic carbocycles. The molecule has 0 spiro atoms. The molecule has 0 amide bonds. The Kier molecular flexibility index (Phi) is 4.39. The fourth-order valence-corrected chi connectivity index (χ4v) is 3.55. The number of thiophene rings is 1. The lowest BCUT2D eigenvalue weighted by atomic mass is 10.3. The van der Waals surface area contributed by atoms with E-state index in [-0.39, 0.29) is 16.2 Å². The van der Waals surface area contributed by atoms with Crippen molar-refractivity contribution in [2.75, 3.05) is 12.4 Å². The van der Waals surface area contributed by atoms with Gasteiger partial charge in [-0.15, -0.1) is 11.3 Å². The molecule has 0 atom stereocenters. The number of sulfonamides is 1. The van der Waals surface area contributed by atoms with E-state index in [0.717, 1.165) is 0 Å². The van der Waals surface area contributed by atoms with Crippen molar-refractivity contribution in [3.05, 3.63) is 41.5 Å². The van der Waals surface area contributed by atoms with Gasteiger partial charge in [0.15, 0.2) is 5.82 Å². The highest BCUT2D eigenvalue weighted by Gasteiger charge is 2.35. The number of hydrogen-bond donors (Lipinski definition) is 2. The molecule has 3 aromatic rings. The van der Waals surface area contributed by atoms with Crippen LogP contribution in [-0.2, 0) is 16.2 Å². The lowest BCUT2D eigenvalue weighted by Gasteiger charge is -2.11. The van der Waals surface area contributed by atoms with E-state index in [1.807, 2.05) is 0 Å². The van der Waals surface area contributed by atoms with Crippen LogP contribution in [0.3, 0.4) is 0 Å². The van der Waals surface area contributed by atoms with Crippen LogP contribution >= 0.6 is 11.3 Å². The minimum atomic E-state index is -4.67. The second kappa shape index (κ2) is 6.24. The van der Waals surface area contributed by atoms with Crippen molar-refractivity contribution >= 4 is 43.1 Å². The van der Waals surface area contributed by atoms with Gasteiger partial charge in [0, 0.05) is 5.69 Å². The smallest absolute Gasteiger partial charge is 0.339 e. The number of nitrogens with zero attached hydrogens (tertiary/aromatic N) is 2. The maximum Gasteiger partial charge on any atom is 0.451 e. The van der Waals surface area contributed by atoms with E-state index in [4.69, 9.17) is 0 Å². The van der Waals surface area contributed by atoms with Crippen molar-refractivity contribution in [2.45, 2.75) is 11.1 Å². The monoisotopic (exact) mass is 388 g/mol. The Balaban J connectivity index is 1.99. The van der Waals surface area contributed by atoms with Crippen LogP contribution in [0.5, 0.6) is 0 Å². The number of aromatic nitrogens is 2. The summed E-state index contributed by atoms with van der Waals surface area (Å²) in [5.74, 6) is -1.23. The molecule has 0 bridgehead atoms. The first-order valence-corrected chi connectivity index (χ1v) is 9.20. The first-order valence-electron chi connectivity index (χ1n) is 6.84. The standard InChI is InChI=1S/C14H11F3N4O2S2/c1-18-25(22,23)9-4-2-8(3-5-9)19-12-11-10(6-7-24-11)20-13(21-12)14(15,16)17/h2-7,18H,1H3,(H,19,20,21). The summed E-state index contributed by atoms with van der Waals surface area (Å²) >= 11 is 1.20. The zero-order valence-electron chi connectivity index (χ0n) is 12.6. The zero-order valence-corrected chi connectivity index (χ0v) is 14.3. The average Bonchev–Trinajstić information content (AvgIpc) is 3.03. The molecule has 11 heteroatoms. The van der Waals surface area contributed by atoms with Gasteiger partial charge >= 0.3 is 6.18 Å². The van der Waals surface area contributed by atoms with E-state index in [9.17, 15) is 21.6 Å². The summed E-state index contributed by atoms with van der Waals surface area (Å²) in [6.07, 6.45) is -4.67. The van der Waals surface area contributed by atoms with Gasteiger partial charge in [-0.25, -0.2) is 23.1 Å². The molecule has 1 aromatic carbocycles. The largest absolute Gasteiger partial charge is 0.451 e. The normalized spacial score (nSPS) is 12.5. The number of anilines is 2. The Morgan fingerprint density at radius 2 is 1.76 bits per heavy atom. The Morgan fingerprint density at radius 1 is 1.08 bits per heavy atom. The molecule has 0 fully saturated rings. The molecular formula is C14H11F3N4O2S2. The van der Waals surface area contributed by atoms with Crippen molar-refractivity contribution in [3.63, 3.8) is 0 Å². The molecule has 2 N–H and O–H groups in total. The first kappa shape index (κ1) is 17.6. The second-order valence-corrected chi connectivity index (χ2v) is 7.69. The van der Waals surface area contributed by atoms with Crippen LogP contribution in [0.15, 0.2) is 40.6 Å². The number of alkyl halides is 3. The van der Waals surface area contributed by atoms with Crippen LogP contribution in [0, 0.1) is 0 Å². The van der Waals surface area contributed by atoms with Crippen molar-refractivity contribution in [2.24, 2.45) is 0 Å². The quantitative estimate of drug-likeness (QED) is 0.716. The Morgan fingerprint density at radius 3 is 2.36 bits per heavy atom. The Hall–Kier alpha value is -2.24. The second-order valence-electron chi connectivity index (χ2n) is 4.89. The predicted molar refractivity (Wildman–Crippen MR) is 88.4 cm³/mol. The molecule has 2 heterocycles. The molecule has 0 unspecified atom stereocenters. The van der Waals surface area contributed by atoms with E-state index < -0.39 is 22.0 Å². The summed E-state index contributed by atoms with van der Waals surface area (Å²) in [5, 5.41) is 4.40. The summed E-state index contributed by atoms with van der Waals surface area (Å²) in [4.78, 5) is 7.11. The SMILES string of the molecule is CNS(=O)(=O)c1ccc(Nc2nc(C(F)(F)F)nc3ccsc23)cc1. The fraction of sp³-hybridized carbons (Fsp3) is 0.143. The molecule has 0 saturated carbocycles. The highest BCUT2D eigenvalue weighted by molar-refractivity contribution is 7.89. The number of hydrogen-bond acceptors (Lipinski definition) is 6. The summed E-state index contributed by atoms with van der Waals surface area (Å²) in [7, 11) is -2.30. The summed E-state index contributed by atoms with van der Waals surface area (Å²) in [6.45, 7) is 0. The van der Waals surface area contributed by atoms with Crippen LogP contribution in [0.2, 0.25) is 0 Å². The summed E-state index contributed by atoms with van der Waals surface area (Å²) in [5.41, 5.74) is 0.584. The van der Waals surface area contributed by atoms with Gasteiger partial charge in [0.2, 0.25) is 15.8 Å². The average molecular weight is 388 g/mol. The van der Waals surface area contributed by atoms with Gasteiger partial charge in [-0.3, -0.25) is 0 Å². The zero-order chi connectivity index (χ0) is 18.2. The van der Waals surface area contributed by atoms with E-state index in [0.29, 0.717) is 10.4 Å². The van der Waals surface area contributed by atoms with Crippen molar-refractivity contribution in [3.8, 4) is 0 Å². The Labute approximate surface area is 144 Å². The molecule has 0 saturated heterocycles. The van der Waals surface area contributed by atoms with E-state index in [2.05, 4.69) is 20.0 Å². The Bertz CT molecular complexity index is 1010. The van der Waals surface area contributed by atoms with Crippen molar-refractivity contribution in [1.82, 2.24) is 14.7 Å². The van der Waals surface area contributed by atoms with Gasteiger partial charge in [-0.2, -0.15) is 13.2 Å². The van der Waals surface area contributed by atoms with E-state index >= 15 is 0 Å². The molecule has 3 rings (SSSR count). The van der Waals surface area contributed by atoms with Crippen LogP contribution in [0.1, 0.15) is 5.82 Å². The number of fused-ring (bicyclic) bond motifs is 1. The van der Waals surface area contributed by atoms with Gasteiger partial charge in [0.25, 0.3) is 0 Å². The number of nitrogens with one attached hydrogen (secondary N) is 2. The van der Waals surface area contributed by atoms with E-state index in [1.54, 1.807) is 5.38 Å². The molecule has 25 heavy (non-hydrogen) atoms. The predicted octanol–water partition coefficient (Wildman–Crippen LogP) is 3.36. The maximum absolute atomic E-state index is 12.9. The van der Waals surface area contributed by atoms with Gasteiger partial charge in [0.1, 0.15) is 0 Å². The highest BCUT2D eigenvalue weighted by Crippen LogP contribution is 2.33. The minimum Gasteiger partial charge on any atom is -0.339 e. The number of benzene rings is 1. The first-order chi connectivity index (χ1) is 11.7. The van der Waals surface area contributed by atoms with Gasteiger partial charge < -0.3 is 5.32 Å².